The molecule has 0 saturated carbocycles. The van der Waals surface area contributed by atoms with Crippen LogP contribution in [-0.4, -0.2) is 103 Å². The lowest BCUT2D eigenvalue weighted by Gasteiger charge is -2.47. The number of carbonyl (C=O) groups is 1. The number of oxazole rings is 1. The summed E-state index contributed by atoms with van der Waals surface area (Å²) in [5, 5.41) is 0.186. The number of nitrogens with zero attached hydrogens (tertiary/aromatic N) is 1. The zero-order valence-electron chi connectivity index (χ0n) is 44.5. The lowest BCUT2D eigenvalue weighted by Crippen LogP contribution is -2.54. The molecule has 0 bridgehead atoms. The first-order valence-corrected chi connectivity index (χ1v) is 35.6. The Bertz CT molecular complexity index is 1500. The molecule has 0 saturated heterocycles. The fraction of sp³-hybridized carbons (Fsp3) is 0.837. The second-order valence-corrected chi connectivity index (χ2v) is 41.3. The van der Waals surface area contributed by atoms with E-state index in [-0.39, 0.29) is 52.6 Å². The van der Waals surface area contributed by atoms with Crippen LogP contribution >= 0.6 is 0 Å². The van der Waals surface area contributed by atoms with E-state index in [2.05, 4.69) is 135 Å². The maximum atomic E-state index is 11.5. The minimum absolute atomic E-state index is 0.0514. The summed E-state index contributed by atoms with van der Waals surface area (Å²) >= 11 is 0. The molecule has 0 N–H and O–H groups in total. The van der Waals surface area contributed by atoms with Gasteiger partial charge in [-0.25, -0.2) is 4.98 Å². The molecule has 0 fully saturated rings. The predicted octanol–water partition coefficient (Wildman–Crippen LogP) is 13.5. The van der Waals surface area contributed by atoms with Crippen molar-refractivity contribution in [1.82, 2.24) is 4.98 Å². The average molecular weight is 957 g/mol. The van der Waals surface area contributed by atoms with Gasteiger partial charge in [0.15, 0.2) is 39.2 Å². The SMILES string of the molecule is CC[Si](CC)(CC)O[C@@H](Cc1nc([C@H](C/C=C/C=C/[C@@H](C[C@@H](CC=O)O[Si](C)(C)C(C)(C)C)OC)OC)co1)C(C)(C)[C@H](C[C@H](OC)[C@@H](C)CO[Si](C)(C)C(C)(C)C)O[Si](C)(C)C. The van der Waals surface area contributed by atoms with Gasteiger partial charge in [0.25, 0.3) is 0 Å². The average Bonchev–Trinajstić information content (AvgIpc) is 3.64. The van der Waals surface area contributed by atoms with Crippen molar-refractivity contribution in [3.8, 4) is 0 Å². The van der Waals surface area contributed by atoms with Crippen LogP contribution in [0.5, 0.6) is 0 Å². The highest BCUT2D eigenvalue weighted by Gasteiger charge is 2.47. The van der Waals surface area contributed by atoms with Gasteiger partial charge in [0.1, 0.15) is 24.3 Å². The standard InChI is InChI=1S/C49H97NO9Si4/c1-23-63(24-2,25-3)59-45(49(11,12)44(58-60(16,17)18)34-43(54-15)38(4)36-56-61(19,20)47(5,6)7)35-46-50-41(37-55-46)42(53-14)30-28-26-27-29-39(52-13)33-40(31-32-51)57-62(21,22)48(8,9)10/h26-29,32,37-40,42-45H,23-25,30-31,33-36H2,1-22H3/b28-26+,29-27+/t38-,39-,40+,42-,43-,44-,45-/m0/s1. The number of aromatic nitrogens is 1. The van der Waals surface area contributed by atoms with Gasteiger partial charge in [0.2, 0.25) is 0 Å². The molecule has 0 aromatic carbocycles. The van der Waals surface area contributed by atoms with Gasteiger partial charge in [-0.3, -0.25) is 0 Å². The number of hydrogen-bond acceptors (Lipinski definition) is 10. The van der Waals surface area contributed by atoms with Crippen LogP contribution in [0.25, 0.3) is 0 Å². The largest absolute Gasteiger partial charge is 0.449 e. The maximum Gasteiger partial charge on any atom is 0.196 e. The fourth-order valence-corrected chi connectivity index (χ4v) is 14.0. The second-order valence-electron chi connectivity index (χ2n) is 22.5. The molecule has 0 aliphatic carbocycles. The van der Waals surface area contributed by atoms with Crippen molar-refractivity contribution >= 4 is 39.6 Å². The summed E-state index contributed by atoms with van der Waals surface area (Å²) < 4.78 is 52.3. The van der Waals surface area contributed by atoms with E-state index in [9.17, 15) is 4.79 Å². The highest BCUT2D eigenvalue weighted by Crippen LogP contribution is 2.42. The molecular weight excluding hydrogens is 859 g/mol. The maximum absolute atomic E-state index is 11.5. The summed E-state index contributed by atoms with van der Waals surface area (Å²) in [7, 11) is -2.86. The Hall–Kier alpha value is -1.05. The van der Waals surface area contributed by atoms with E-state index in [1.165, 1.54) is 0 Å². The molecular formula is C49H97NO9Si4. The van der Waals surface area contributed by atoms with Crippen LogP contribution in [0.3, 0.4) is 0 Å². The molecule has 0 spiro atoms. The Morgan fingerprint density at radius 3 is 1.79 bits per heavy atom. The molecule has 1 rings (SSSR count). The van der Waals surface area contributed by atoms with Crippen molar-refractivity contribution in [2.45, 2.75) is 226 Å². The molecule has 1 aromatic rings. The van der Waals surface area contributed by atoms with E-state index in [1.807, 2.05) is 25.3 Å². The van der Waals surface area contributed by atoms with Crippen molar-refractivity contribution in [2.24, 2.45) is 11.3 Å². The number of carbonyl (C=O) groups excluding carboxylic acids is 1. The molecule has 7 atom stereocenters. The number of rotatable bonds is 31. The highest BCUT2D eigenvalue weighted by atomic mass is 28.4. The van der Waals surface area contributed by atoms with Crippen molar-refractivity contribution in [1.29, 1.82) is 0 Å². The van der Waals surface area contributed by atoms with Gasteiger partial charge < -0.3 is 41.1 Å². The zero-order valence-corrected chi connectivity index (χ0v) is 48.5. The number of aldehydes is 1. The van der Waals surface area contributed by atoms with Gasteiger partial charge >= 0.3 is 0 Å². The Morgan fingerprint density at radius 2 is 1.32 bits per heavy atom. The molecule has 0 unspecified atom stereocenters. The minimum Gasteiger partial charge on any atom is -0.449 e. The lowest BCUT2D eigenvalue weighted by molar-refractivity contribution is -0.109. The van der Waals surface area contributed by atoms with Crippen molar-refractivity contribution in [3.05, 3.63) is 42.2 Å². The van der Waals surface area contributed by atoms with Crippen LogP contribution in [0.1, 0.15) is 126 Å². The van der Waals surface area contributed by atoms with E-state index in [4.69, 9.17) is 41.3 Å². The molecule has 1 heterocycles. The van der Waals surface area contributed by atoms with Crippen molar-refractivity contribution in [3.63, 3.8) is 0 Å². The third-order valence-corrected chi connectivity index (χ3v) is 28.9. The van der Waals surface area contributed by atoms with E-state index in [0.29, 0.717) is 38.2 Å². The molecule has 10 nitrogen and oxygen atoms in total. The van der Waals surface area contributed by atoms with Gasteiger partial charge in [0.05, 0.1) is 30.5 Å². The van der Waals surface area contributed by atoms with Gasteiger partial charge in [-0.15, -0.1) is 0 Å². The molecule has 63 heavy (non-hydrogen) atoms. The molecule has 14 heteroatoms. The van der Waals surface area contributed by atoms with Crippen LogP contribution in [0.4, 0.5) is 0 Å². The first-order valence-electron chi connectivity index (χ1n) is 23.9. The van der Waals surface area contributed by atoms with Crippen LogP contribution in [0, 0.1) is 11.3 Å². The van der Waals surface area contributed by atoms with Gasteiger partial charge in [-0.05, 0) is 86.9 Å². The molecule has 0 amide bonds. The zero-order chi connectivity index (χ0) is 48.7. The number of methoxy groups -OCH3 is 3. The monoisotopic (exact) mass is 956 g/mol. The highest BCUT2D eigenvalue weighted by molar-refractivity contribution is 6.74. The van der Waals surface area contributed by atoms with Crippen LogP contribution in [0.2, 0.25) is 74.0 Å². The fourth-order valence-electron chi connectivity index (χ4n) is 7.27. The van der Waals surface area contributed by atoms with Gasteiger partial charge in [-0.2, -0.15) is 0 Å². The number of ether oxygens (including phenoxy) is 3. The first-order chi connectivity index (χ1) is 28.9. The summed E-state index contributed by atoms with van der Waals surface area (Å²) in [5.41, 5.74) is 0.338. The quantitative estimate of drug-likeness (QED) is 0.0405. The smallest absolute Gasteiger partial charge is 0.196 e. The van der Waals surface area contributed by atoms with Crippen LogP contribution in [0.15, 0.2) is 35.0 Å². The topological polar surface area (TPSA) is 108 Å². The predicted molar refractivity (Wildman–Crippen MR) is 273 cm³/mol. The Morgan fingerprint density at radius 1 is 0.730 bits per heavy atom. The van der Waals surface area contributed by atoms with E-state index < -0.39 is 38.7 Å². The van der Waals surface area contributed by atoms with E-state index in [1.54, 1.807) is 20.5 Å². The minimum atomic E-state index is -2.09. The molecule has 0 aliphatic heterocycles. The summed E-state index contributed by atoms with van der Waals surface area (Å²) in [5.74, 6) is 0.820. The summed E-state index contributed by atoms with van der Waals surface area (Å²) in [6.07, 6.45) is 12.5. The molecule has 368 valence electrons. The van der Waals surface area contributed by atoms with E-state index in [0.717, 1.165) is 36.5 Å². The molecule has 0 aliphatic rings. The Balaban J connectivity index is 3.41. The summed E-state index contributed by atoms with van der Waals surface area (Å²) in [4.78, 5) is 16.6. The normalized spacial score (nSPS) is 17.6. The Labute approximate surface area is 391 Å². The molecule has 1 aromatic heterocycles. The van der Waals surface area contributed by atoms with Gasteiger partial charge in [-0.1, -0.05) is 107 Å². The number of hydrogen-bond donors (Lipinski definition) is 0. The number of allylic oxidation sites excluding steroid dienone is 2. The Kier molecular flexibility index (Phi) is 24.7. The lowest BCUT2D eigenvalue weighted by atomic mass is 9.76. The van der Waals surface area contributed by atoms with Gasteiger partial charge in [0, 0.05) is 58.5 Å². The summed E-state index contributed by atoms with van der Waals surface area (Å²) in [6, 6.07) is 3.10. The third-order valence-electron chi connectivity index (χ3n) is 14.3. The first kappa shape index (κ1) is 60.0. The molecule has 0 radical (unpaired) electrons. The van der Waals surface area contributed by atoms with E-state index >= 15 is 0 Å². The summed E-state index contributed by atoms with van der Waals surface area (Å²) in [6.45, 7) is 43.7. The second kappa shape index (κ2) is 25.9. The van der Waals surface area contributed by atoms with Crippen LogP contribution < -0.4 is 0 Å². The van der Waals surface area contributed by atoms with Crippen LogP contribution in [-0.2, 0) is 43.1 Å². The third kappa shape index (κ3) is 19.2. The van der Waals surface area contributed by atoms with Crippen molar-refractivity contribution in [2.75, 3.05) is 27.9 Å². The van der Waals surface area contributed by atoms with Crippen molar-refractivity contribution < 1.29 is 41.1 Å².